The van der Waals surface area contributed by atoms with Crippen LogP contribution in [-0.2, 0) is 14.3 Å². The van der Waals surface area contributed by atoms with Crippen LogP contribution in [0, 0.1) is 0 Å². The molecule has 68 valence electrons. The maximum atomic E-state index is 11.3. The third-order valence-electron chi connectivity index (χ3n) is 2.26. The predicted molar refractivity (Wildman–Crippen MR) is 41.7 cm³/mol. The summed E-state index contributed by atoms with van der Waals surface area (Å²) in [6.45, 7) is 2.18. The summed E-state index contributed by atoms with van der Waals surface area (Å²) >= 11 is 0. The van der Waals surface area contributed by atoms with Crippen LogP contribution in [0.5, 0.6) is 0 Å². The Kier molecular flexibility index (Phi) is 2.02. The highest BCUT2D eigenvalue weighted by Gasteiger charge is 2.32. The number of likely N-dealkylation sites (N-methyl/N-ethyl adjacent to an activating group) is 1. The summed E-state index contributed by atoms with van der Waals surface area (Å²) in [5, 5.41) is 0. The fraction of sp³-hybridized carbons (Fsp3) is 0.875. The number of ether oxygens (including phenoxy) is 2. The van der Waals surface area contributed by atoms with Crippen molar-refractivity contribution >= 4 is 5.91 Å². The van der Waals surface area contributed by atoms with Crippen LogP contribution in [0.2, 0.25) is 0 Å². The number of rotatable bonds is 3. The molecule has 4 heteroatoms. The molecule has 4 nitrogen and oxygen atoms in total. The quantitative estimate of drug-likeness (QED) is 0.544. The zero-order chi connectivity index (χ0) is 8.55. The van der Waals surface area contributed by atoms with Gasteiger partial charge in [0.25, 0.3) is 5.91 Å². The number of hydrogen-bond acceptors (Lipinski definition) is 3. The minimum Gasteiger partial charge on any atom is -0.371 e. The summed E-state index contributed by atoms with van der Waals surface area (Å²) in [6, 6.07) is 0. The predicted octanol–water partition coefficient (Wildman–Crippen LogP) is -0.368. The molecule has 2 rings (SSSR count). The molecule has 0 N–H and O–H groups in total. The molecule has 12 heavy (non-hydrogen) atoms. The molecule has 0 aromatic carbocycles. The average Bonchev–Trinajstić information content (AvgIpc) is 2.82. The number of likely N-dealkylation sites (tertiary alicyclic amines) is 1. The van der Waals surface area contributed by atoms with E-state index in [0.29, 0.717) is 6.61 Å². The van der Waals surface area contributed by atoms with Crippen LogP contribution in [0.15, 0.2) is 0 Å². The molecule has 0 aliphatic carbocycles. The zero-order valence-corrected chi connectivity index (χ0v) is 7.16. The van der Waals surface area contributed by atoms with Crippen molar-refractivity contribution in [3.8, 4) is 0 Å². The van der Waals surface area contributed by atoms with E-state index in [-0.39, 0.29) is 18.1 Å². The average molecular weight is 171 g/mol. The van der Waals surface area contributed by atoms with Crippen LogP contribution in [0.3, 0.4) is 0 Å². The van der Waals surface area contributed by atoms with Crippen LogP contribution in [0.1, 0.15) is 6.42 Å². The summed E-state index contributed by atoms with van der Waals surface area (Å²) in [7, 11) is 1.80. The van der Waals surface area contributed by atoms with Crippen LogP contribution >= 0.6 is 0 Å². The van der Waals surface area contributed by atoms with E-state index in [9.17, 15) is 4.79 Å². The van der Waals surface area contributed by atoms with Crippen LogP contribution in [0.25, 0.3) is 0 Å². The van der Waals surface area contributed by atoms with Crippen molar-refractivity contribution < 1.29 is 14.3 Å². The van der Waals surface area contributed by atoms with Crippen molar-refractivity contribution in [1.82, 2.24) is 4.90 Å². The van der Waals surface area contributed by atoms with E-state index >= 15 is 0 Å². The minimum absolute atomic E-state index is 0.107. The molecule has 2 unspecified atom stereocenters. The Labute approximate surface area is 71.4 Å². The Hall–Kier alpha value is -0.610. The normalized spacial score (nSPS) is 34.4. The third-order valence-corrected chi connectivity index (χ3v) is 2.26. The highest BCUT2D eigenvalue weighted by molar-refractivity contribution is 5.82. The van der Waals surface area contributed by atoms with E-state index in [1.54, 1.807) is 11.9 Å². The van der Waals surface area contributed by atoms with Crippen molar-refractivity contribution in [2.24, 2.45) is 0 Å². The third kappa shape index (κ3) is 1.59. The van der Waals surface area contributed by atoms with E-state index in [1.165, 1.54) is 0 Å². The molecule has 0 aromatic heterocycles. The molecule has 0 spiro atoms. The number of nitrogens with zero attached hydrogens (tertiary/aromatic N) is 1. The van der Waals surface area contributed by atoms with Crippen molar-refractivity contribution in [3.63, 3.8) is 0 Å². The smallest absolute Gasteiger partial charge is 0.251 e. The van der Waals surface area contributed by atoms with Crippen LogP contribution in [0.4, 0.5) is 0 Å². The summed E-state index contributed by atoms with van der Waals surface area (Å²) in [5.74, 6) is 0.107. The monoisotopic (exact) mass is 171 g/mol. The summed E-state index contributed by atoms with van der Waals surface area (Å²) in [5.41, 5.74) is 0. The van der Waals surface area contributed by atoms with Crippen molar-refractivity contribution in [2.75, 3.05) is 26.8 Å². The summed E-state index contributed by atoms with van der Waals surface area (Å²) in [6.07, 6.45) is 0.866. The number of carbonyl (C=O) groups is 1. The Bertz CT molecular complexity index is 191. The lowest BCUT2D eigenvalue weighted by Gasteiger charge is -2.09. The van der Waals surface area contributed by atoms with Gasteiger partial charge in [0.1, 0.15) is 12.2 Å². The molecule has 2 heterocycles. The lowest BCUT2D eigenvalue weighted by Crippen LogP contribution is -2.28. The molecule has 0 radical (unpaired) electrons. The Balaban J connectivity index is 1.76. The molecule has 2 aliphatic rings. The Morgan fingerprint density at radius 3 is 3.00 bits per heavy atom. The van der Waals surface area contributed by atoms with Gasteiger partial charge in [0, 0.05) is 20.0 Å². The van der Waals surface area contributed by atoms with Gasteiger partial charge in [-0.05, 0) is 0 Å². The Morgan fingerprint density at radius 1 is 1.75 bits per heavy atom. The fourth-order valence-electron chi connectivity index (χ4n) is 1.33. The van der Waals surface area contributed by atoms with Gasteiger partial charge in [0.2, 0.25) is 0 Å². The number of amides is 1. The maximum Gasteiger partial charge on any atom is 0.251 e. The second-order valence-corrected chi connectivity index (χ2v) is 3.33. The van der Waals surface area contributed by atoms with Gasteiger partial charge in [-0.1, -0.05) is 0 Å². The van der Waals surface area contributed by atoms with E-state index in [1.807, 2.05) is 0 Å². The van der Waals surface area contributed by atoms with Crippen LogP contribution < -0.4 is 0 Å². The second-order valence-electron chi connectivity index (χ2n) is 3.33. The number of carbonyl (C=O) groups excluding carboxylic acids is 1. The molecule has 1 amide bonds. The van der Waals surface area contributed by atoms with E-state index in [0.717, 1.165) is 19.6 Å². The SMILES string of the molecule is CN1CCC(OCC2CO2)C1=O. The van der Waals surface area contributed by atoms with E-state index < -0.39 is 0 Å². The lowest BCUT2D eigenvalue weighted by atomic mass is 10.3. The highest BCUT2D eigenvalue weighted by atomic mass is 16.6. The molecule has 2 saturated heterocycles. The van der Waals surface area contributed by atoms with Gasteiger partial charge >= 0.3 is 0 Å². The van der Waals surface area contributed by atoms with Crippen LogP contribution in [-0.4, -0.2) is 49.8 Å². The molecule has 0 aromatic rings. The second kappa shape index (κ2) is 3.03. The highest BCUT2D eigenvalue weighted by Crippen LogP contribution is 2.16. The van der Waals surface area contributed by atoms with Gasteiger partial charge in [-0.15, -0.1) is 0 Å². The van der Waals surface area contributed by atoms with E-state index in [4.69, 9.17) is 9.47 Å². The van der Waals surface area contributed by atoms with Crippen molar-refractivity contribution in [3.05, 3.63) is 0 Å². The minimum atomic E-state index is -0.209. The topological polar surface area (TPSA) is 42.1 Å². The van der Waals surface area contributed by atoms with Crippen molar-refractivity contribution in [1.29, 1.82) is 0 Å². The molecular formula is C8H13NO3. The zero-order valence-electron chi connectivity index (χ0n) is 7.16. The first kappa shape index (κ1) is 8.01. The summed E-state index contributed by atoms with van der Waals surface area (Å²) in [4.78, 5) is 13.0. The molecule has 2 fully saturated rings. The van der Waals surface area contributed by atoms with Gasteiger partial charge in [0.05, 0.1) is 13.2 Å². The number of epoxide rings is 1. The molecule has 2 aliphatic heterocycles. The Morgan fingerprint density at radius 2 is 2.50 bits per heavy atom. The van der Waals surface area contributed by atoms with E-state index in [2.05, 4.69) is 0 Å². The molecule has 0 saturated carbocycles. The molecular weight excluding hydrogens is 158 g/mol. The molecule has 0 bridgehead atoms. The first-order valence-corrected chi connectivity index (χ1v) is 4.25. The van der Waals surface area contributed by atoms with Gasteiger partial charge < -0.3 is 14.4 Å². The number of hydrogen-bond donors (Lipinski definition) is 0. The van der Waals surface area contributed by atoms with Gasteiger partial charge in [-0.3, -0.25) is 4.79 Å². The first-order chi connectivity index (χ1) is 5.77. The standard InChI is InChI=1S/C8H13NO3/c1-9-3-2-7(8(9)10)12-5-6-4-11-6/h6-7H,2-5H2,1H3. The summed E-state index contributed by atoms with van der Waals surface area (Å²) < 4.78 is 10.4. The van der Waals surface area contributed by atoms with Gasteiger partial charge in [0.15, 0.2) is 0 Å². The van der Waals surface area contributed by atoms with Gasteiger partial charge in [-0.2, -0.15) is 0 Å². The molecule has 2 atom stereocenters. The van der Waals surface area contributed by atoms with Crippen molar-refractivity contribution in [2.45, 2.75) is 18.6 Å². The largest absolute Gasteiger partial charge is 0.371 e. The maximum absolute atomic E-state index is 11.3. The van der Waals surface area contributed by atoms with Gasteiger partial charge in [-0.25, -0.2) is 0 Å². The fourth-order valence-corrected chi connectivity index (χ4v) is 1.33. The first-order valence-electron chi connectivity index (χ1n) is 4.25. The lowest BCUT2D eigenvalue weighted by molar-refractivity contribution is -0.136.